The highest BCUT2D eigenvalue weighted by Crippen LogP contribution is 2.50. The molecule has 2 fully saturated rings. The van der Waals surface area contributed by atoms with Crippen LogP contribution in [0.3, 0.4) is 0 Å². The van der Waals surface area contributed by atoms with Crippen molar-refractivity contribution < 1.29 is 9.53 Å². The summed E-state index contributed by atoms with van der Waals surface area (Å²) in [5, 5.41) is 6.25. The Morgan fingerprint density at radius 2 is 1.75 bits per heavy atom. The predicted octanol–water partition coefficient (Wildman–Crippen LogP) is 1.68. The lowest BCUT2D eigenvalue weighted by molar-refractivity contribution is -0.129. The summed E-state index contributed by atoms with van der Waals surface area (Å²) >= 11 is 0. The van der Waals surface area contributed by atoms with Gasteiger partial charge in [-0.25, -0.2) is 0 Å². The Labute approximate surface area is 121 Å². The molecule has 0 unspecified atom stereocenters. The third kappa shape index (κ3) is 3.14. The fourth-order valence-electron chi connectivity index (χ4n) is 4.24. The quantitative estimate of drug-likeness (QED) is 0.774. The highest BCUT2D eigenvalue weighted by molar-refractivity contribution is 6.09. The number of carbonyl (C=O) groups excluding carboxylic acids is 1. The molecular formula is C15H27N3O2. The van der Waals surface area contributed by atoms with Gasteiger partial charge in [0.15, 0.2) is 5.96 Å². The summed E-state index contributed by atoms with van der Waals surface area (Å²) in [5.41, 5.74) is -0.209. The third-order valence-corrected chi connectivity index (χ3v) is 4.11. The molecule has 2 aliphatic rings. The molecule has 0 atom stereocenters. The molecule has 1 aliphatic heterocycles. The van der Waals surface area contributed by atoms with E-state index in [-0.39, 0.29) is 16.7 Å². The predicted molar refractivity (Wildman–Crippen MR) is 79.6 cm³/mol. The van der Waals surface area contributed by atoms with E-state index in [0.29, 0.717) is 19.1 Å². The highest BCUT2D eigenvalue weighted by Gasteiger charge is 2.54. The van der Waals surface area contributed by atoms with Crippen molar-refractivity contribution in [2.45, 2.75) is 52.5 Å². The van der Waals surface area contributed by atoms with Gasteiger partial charge in [-0.2, -0.15) is 0 Å². The number of rotatable bonds is 3. The summed E-state index contributed by atoms with van der Waals surface area (Å²) < 4.78 is 4.98. The van der Waals surface area contributed by atoms with E-state index in [1.807, 2.05) is 0 Å². The topological polar surface area (TPSA) is 62.7 Å². The van der Waals surface area contributed by atoms with Crippen LogP contribution >= 0.6 is 0 Å². The number of carbonyl (C=O) groups is 1. The minimum atomic E-state index is -0.503. The van der Waals surface area contributed by atoms with Gasteiger partial charge >= 0.3 is 0 Å². The van der Waals surface area contributed by atoms with Gasteiger partial charge in [-0.1, -0.05) is 27.7 Å². The van der Waals surface area contributed by atoms with Gasteiger partial charge in [0.25, 0.3) is 5.91 Å². The lowest BCUT2D eigenvalue weighted by Crippen LogP contribution is -2.56. The van der Waals surface area contributed by atoms with Crippen LogP contribution in [0.1, 0.15) is 47.0 Å². The standard InChI is InChI=1S/C15H27N3O2/c1-13(2)8-14(3,4)10-15(9-13)11(19)17-12(18-15)16-6-7-20-5/h6-10H2,1-5H3,(H2,16,17,18,19). The largest absolute Gasteiger partial charge is 0.383 e. The Morgan fingerprint density at radius 3 is 2.30 bits per heavy atom. The molecule has 5 heteroatoms. The van der Waals surface area contributed by atoms with Crippen LogP contribution in [-0.4, -0.2) is 37.7 Å². The van der Waals surface area contributed by atoms with E-state index >= 15 is 0 Å². The van der Waals surface area contributed by atoms with Gasteiger partial charge in [0.1, 0.15) is 5.54 Å². The SMILES string of the molecule is COCCN=C1NC(=O)C2(CC(C)(C)CC(C)(C)C2)N1. The fourth-order valence-corrected chi connectivity index (χ4v) is 4.24. The van der Waals surface area contributed by atoms with Gasteiger partial charge in [-0.3, -0.25) is 15.1 Å². The molecule has 0 bridgehead atoms. The first-order chi connectivity index (χ1) is 9.18. The number of aliphatic imine (C=N–C) groups is 1. The number of nitrogens with one attached hydrogen (secondary N) is 2. The van der Waals surface area contributed by atoms with E-state index in [4.69, 9.17) is 4.74 Å². The lowest BCUT2D eigenvalue weighted by Gasteiger charge is -2.49. The Hall–Kier alpha value is -1.10. The molecule has 1 saturated heterocycles. The molecule has 2 N–H and O–H groups in total. The molecule has 5 nitrogen and oxygen atoms in total. The van der Waals surface area contributed by atoms with E-state index in [0.717, 1.165) is 19.3 Å². The van der Waals surface area contributed by atoms with Crippen LogP contribution in [0.25, 0.3) is 0 Å². The summed E-state index contributed by atoms with van der Waals surface area (Å²) in [5.74, 6) is 0.662. The zero-order chi connectivity index (χ0) is 15.0. The first-order valence-corrected chi connectivity index (χ1v) is 7.31. The smallest absolute Gasteiger partial charge is 0.252 e. The van der Waals surface area contributed by atoms with E-state index in [9.17, 15) is 4.79 Å². The molecule has 0 aromatic carbocycles. The first-order valence-electron chi connectivity index (χ1n) is 7.31. The molecule has 1 amide bonds. The maximum Gasteiger partial charge on any atom is 0.252 e. The van der Waals surface area contributed by atoms with Crippen molar-refractivity contribution in [2.75, 3.05) is 20.3 Å². The molecule has 20 heavy (non-hydrogen) atoms. The van der Waals surface area contributed by atoms with Gasteiger partial charge < -0.3 is 10.1 Å². The first kappa shape index (κ1) is 15.3. The normalized spacial score (nSPS) is 28.4. The molecule has 1 heterocycles. The second-order valence-corrected chi connectivity index (χ2v) is 7.74. The Bertz CT molecular complexity index is 411. The molecule has 0 aromatic heterocycles. The molecule has 1 saturated carbocycles. The van der Waals surface area contributed by atoms with Crippen molar-refractivity contribution >= 4 is 11.9 Å². The average Bonchev–Trinajstić information content (AvgIpc) is 2.50. The van der Waals surface area contributed by atoms with Crippen molar-refractivity contribution in [3.63, 3.8) is 0 Å². The van der Waals surface area contributed by atoms with Gasteiger partial charge in [0.2, 0.25) is 0 Å². The average molecular weight is 281 g/mol. The van der Waals surface area contributed by atoms with Crippen LogP contribution in [0, 0.1) is 10.8 Å². The van der Waals surface area contributed by atoms with Gasteiger partial charge in [-0.05, 0) is 30.1 Å². The highest BCUT2D eigenvalue weighted by atomic mass is 16.5. The monoisotopic (exact) mass is 281 g/mol. The van der Waals surface area contributed by atoms with Gasteiger partial charge in [-0.15, -0.1) is 0 Å². The lowest BCUT2D eigenvalue weighted by atomic mass is 9.58. The van der Waals surface area contributed by atoms with Gasteiger partial charge in [0.05, 0.1) is 13.2 Å². The molecule has 1 aliphatic carbocycles. The van der Waals surface area contributed by atoms with Crippen LogP contribution in [0.5, 0.6) is 0 Å². The summed E-state index contributed by atoms with van der Waals surface area (Å²) in [6.45, 7) is 10.1. The summed E-state index contributed by atoms with van der Waals surface area (Å²) in [6.07, 6.45) is 2.82. The summed E-state index contributed by atoms with van der Waals surface area (Å²) in [6, 6.07) is 0. The molecule has 0 aromatic rings. The van der Waals surface area contributed by atoms with Crippen molar-refractivity contribution in [3.05, 3.63) is 0 Å². The number of amides is 1. The minimum Gasteiger partial charge on any atom is -0.383 e. The van der Waals surface area contributed by atoms with Crippen LogP contribution in [0.15, 0.2) is 4.99 Å². The number of hydrogen-bond acceptors (Lipinski definition) is 3. The second kappa shape index (κ2) is 5.02. The Morgan fingerprint density at radius 1 is 1.15 bits per heavy atom. The molecule has 0 radical (unpaired) electrons. The number of ether oxygens (including phenoxy) is 1. The van der Waals surface area contributed by atoms with E-state index in [2.05, 4.69) is 43.3 Å². The van der Waals surface area contributed by atoms with Gasteiger partial charge in [0, 0.05) is 7.11 Å². The number of methoxy groups -OCH3 is 1. The van der Waals surface area contributed by atoms with Crippen LogP contribution < -0.4 is 10.6 Å². The third-order valence-electron chi connectivity index (χ3n) is 4.11. The van der Waals surface area contributed by atoms with Crippen molar-refractivity contribution in [2.24, 2.45) is 15.8 Å². The fraction of sp³-hybridized carbons (Fsp3) is 0.867. The summed E-state index contributed by atoms with van der Waals surface area (Å²) in [7, 11) is 1.65. The van der Waals surface area contributed by atoms with Crippen LogP contribution in [-0.2, 0) is 9.53 Å². The van der Waals surface area contributed by atoms with Crippen LogP contribution in [0.2, 0.25) is 0 Å². The zero-order valence-electron chi connectivity index (χ0n) is 13.3. The second-order valence-electron chi connectivity index (χ2n) is 7.74. The van der Waals surface area contributed by atoms with E-state index < -0.39 is 5.54 Å². The van der Waals surface area contributed by atoms with E-state index in [1.165, 1.54) is 0 Å². The minimum absolute atomic E-state index is 0.0644. The zero-order valence-corrected chi connectivity index (χ0v) is 13.3. The molecule has 114 valence electrons. The Balaban J connectivity index is 2.18. The van der Waals surface area contributed by atoms with Crippen molar-refractivity contribution in [3.8, 4) is 0 Å². The molecule has 2 rings (SSSR count). The molecule has 1 spiro atoms. The number of guanidine groups is 1. The maximum atomic E-state index is 12.5. The summed E-state index contributed by atoms with van der Waals surface area (Å²) in [4.78, 5) is 16.8. The van der Waals surface area contributed by atoms with Crippen molar-refractivity contribution in [1.29, 1.82) is 0 Å². The number of hydrogen-bond donors (Lipinski definition) is 2. The van der Waals surface area contributed by atoms with Crippen LogP contribution in [0.4, 0.5) is 0 Å². The number of nitrogens with zero attached hydrogens (tertiary/aromatic N) is 1. The van der Waals surface area contributed by atoms with Crippen molar-refractivity contribution in [1.82, 2.24) is 10.6 Å². The Kier molecular flexibility index (Phi) is 3.84. The van der Waals surface area contributed by atoms with E-state index in [1.54, 1.807) is 7.11 Å². The maximum absolute atomic E-state index is 12.5. The molecular weight excluding hydrogens is 254 g/mol.